The van der Waals surface area contributed by atoms with E-state index in [9.17, 15) is 0 Å². The fourth-order valence-corrected chi connectivity index (χ4v) is 13.2. The molecular formula is C109H140Fe2Hf2N4-4. The van der Waals surface area contributed by atoms with E-state index in [4.69, 9.17) is 20.3 Å². The second kappa shape index (κ2) is 68.5. The third-order valence-electron chi connectivity index (χ3n) is 19.4. The standard InChI is InChI=1S/C30H36N2.C23H30N2.6C7H7.2C5H10.4CH3.2Fe.2Hf/c1-21(2)25-16-10-17-26(22(3)4)30(25)32-29(20-23-12-6-5-7-13-23)28-19-11-18-27(31-28)24-14-8-9-15-24;1-16(2)20-12-8-13-21(17(3)4)23(20)24-15-19-11-7-14-22(25-19)18-9-5-6-10-18;6*1-7-5-3-2-4-6-7;2*1-2-4-5-3-1;;;;;;;;/h5-7,10-14,16-19,21-22,24,29H,8-9,15,20H2,1-4H3;7-8,11-18H,5-6,9-10H2,1-4H3;6*2-6H,1H2;2*1-5H2;4*1H3;;;;/q-2;;6*-1;;;4*-1;2*+2;;+4. The predicted molar refractivity (Wildman–Crippen MR) is 500 cm³/mol. The summed E-state index contributed by atoms with van der Waals surface area (Å²) in [6.07, 6.45) is 29.2. The Labute approximate surface area is 775 Å². The molecule has 0 bridgehead atoms. The van der Waals surface area contributed by atoms with Crippen molar-refractivity contribution in [2.24, 2.45) is 4.99 Å². The van der Waals surface area contributed by atoms with Crippen molar-refractivity contribution in [1.29, 1.82) is 0 Å². The first-order valence-electron chi connectivity index (χ1n) is 40.5. The molecule has 0 amide bonds. The minimum Gasteiger partial charge on any atom is -0.676 e. The van der Waals surface area contributed by atoms with Gasteiger partial charge in [-0.3, -0.25) is 15.0 Å². The van der Waals surface area contributed by atoms with Crippen LogP contribution in [0.3, 0.4) is 0 Å². The number of nitrogens with zero attached hydrogens (tertiary/aromatic N) is 4. The molecule has 0 saturated heterocycles. The van der Waals surface area contributed by atoms with Crippen molar-refractivity contribution in [3.8, 4) is 0 Å². The van der Waals surface area contributed by atoms with Gasteiger partial charge in [-0.25, -0.2) is 0 Å². The molecule has 15 rings (SSSR count). The van der Waals surface area contributed by atoms with Crippen LogP contribution in [0.5, 0.6) is 0 Å². The van der Waals surface area contributed by atoms with Crippen molar-refractivity contribution in [3.05, 3.63) is 452 Å². The van der Waals surface area contributed by atoms with Gasteiger partial charge in [-0.05, 0) is 83.9 Å². The van der Waals surface area contributed by atoms with Gasteiger partial charge in [0.2, 0.25) is 0 Å². The molecule has 8 heteroatoms. The summed E-state index contributed by atoms with van der Waals surface area (Å²) < 4.78 is 0. The van der Waals surface area contributed by atoms with Crippen LogP contribution in [-0.2, 0) is 92.2 Å². The number of aliphatic imine (C=N–C) groups is 1. The Bertz CT molecular complexity index is 3750. The molecule has 2 heterocycles. The van der Waals surface area contributed by atoms with E-state index >= 15 is 0 Å². The second-order valence-corrected chi connectivity index (χ2v) is 30.0. The van der Waals surface area contributed by atoms with E-state index in [2.05, 4.69) is 206 Å². The van der Waals surface area contributed by atoms with Crippen LogP contribution in [0.15, 0.2) is 290 Å². The molecule has 4 nitrogen and oxygen atoms in total. The normalized spacial score (nSPS) is 13.2. The van der Waals surface area contributed by atoms with E-state index in [1.807, 2.05) is 188 Å². The second-order valence-electron chi connectivity index (χ2n) is 30.0. The first-order chi connectivity index (χ1) is 52.9. The maximum absolute atomic E-state index is 5.46. The zero-order chi connectivity index (χ0) is 78.1. The van der Waals surface area contributed by atoms with Crippen molar-refractivity contribution in [2.45, 2.75) is 213 Å². The minimum absolute atomic E-state index is 0. The molecule has 0 N–H and O–H groups in total. The Kier molecular flexibility index (Phi) is 66.7. The van der Waals surface area contributed by atoms with Crippen molar-refractivity contribution in [2.75, 3.05) is 0 Å². The van der Waals surface area contributed by atoms with Gasteiger partial charge in [-0.15, -0.1) is 84.4 Å². The van der Waals surface area contributed by atoms with E-state index < -0.39 is 0 Å². The molecule has 4 aliphatic carbocycles. The van der Waals surface area contributed by atoms with Crippen LogP contribution in [0, 0.1) is 77.7 Å². The van der Waals surface area contributed by atoms with E-state index in [-0.39, 0.29) is 122 Å². The molecule has 0 radical (unpaired) electrons. The van der Waals surface area contributed by atoms with Crippen molar-refractivity contribution in [1.82, 2.24) is 9.97 Å². The molecule has 117 heavy (non-hydrogen) atoms. The van der Waals surface area contributed by atoms with E-state index in [0.717, 1.165) is 62.6 Å². The fraction of sp³-hybridized carbons (Fsp3) is 0.303. The summed E-state index contributed by atoms with van der Waals surface area (Å²) in [4.78, 5) is 14.9. The van der Waals surface area contributed by atoms with Crippen LogP contribution in [-0.4, -0.2) is 16.2 Å². The summed E-state index contributed by atoms with van der Waals surface area (Å²) in [5, 5.41) is 5.46. The van der Waals surface area contributed by atoms with E-state index in [0.29, 0.717) is 35.5 Å². The predicted octanol–water partition coefficient (Wildman–Crippen LogP) is 32.4. The SMILES string of the molecule is C1CCCC1.C1CCCC1.CC(C)c1cccc(C(C)C)c1N=Cc1cccc(C2CCCC2)n1.CC(C)c1cccc(C(C)C)c1[N-]C(Cc1ccccc1)c1cccc(C2[CH-]CCC2)n1.[CH2-]c1ccccc1.[CH2-]c1ccccc1.[CH2-]c1ccccc1.[CH2-]c1ccccc1.[CH2-]c1ccccc1.[CH2-]c1ccccc1.[CH3-].[CH3-].[CH3-].[CH3-].[Fe+2].[Fe+2].[Hf+4].[Hf]. The summed E-state index contributed by atoms with van der Waals surface area (Å²) in [6.45, 7) is 40.3. The molecule has 4 saturated carbocycles. The van der Waals surface area contributed by atoms with Crippen LogP contribution in [0.2, 0.25) is 0 Å². The molecule has 9 aromatic carbocycles. The van der Waals surface area contributed by atoms with Crippen LogP contribution < -0.4 is 0 Å². The molecule has 11 aromatic rings. The molecular weight excluding hydrogens is 1830 g/mol. The smallest absolute Gasteiger partial charge is 0.676 e. The topological polar surface area (TPSA) is 52.2 Å². The largest absolute Gasteiger partial charge is 4.00 e. The quantitative estimate of drug-likeness (QED) is 0.0656. The first-order valence-corrected chi connectivity index (χ1v) is 40.5. The Morgan fingerprint density at radius 2 is 0.667 bits per heavy atom. The van der Waals surface area contributed by atoms with E-state index in [1.54, 1.807) is 0 Å². The Morgan fingerprint density at radius 3 is 0.974 bits per heavy atom. The third kappa shape index (κ3) is 47.4. The van der Waals surface area contributed by atoms with Crippen LogP contribution >= 0.6 is 0 Å². The zero-order valence-electron chi connectivity index (χ0n) is 73.3. The maximum atomic E-state index is 5.46. The van der Waals surface area contributed by atoms with Crippen molar-refractivity contribution >= 4 is 17.6 Å². The van der Waals surface area contributed by atoms with Crippen LogP contribution in [0.25, 0.3) is 5.32 Å². The van der Waals surface area contributed by atoms with Gasteiger partial charge in [0, 0.05) is 48.8 Å². The van der Waals surface area contributed by atoms with Gasteiger partial charge in [0.25, 0.3) is 0 Å². The first kappa shape index (κ1) is 114. The van der Waals surface area contributed by atoms with Gasteiger partial charge in [-0.2, -0.15) is 154 Å². The minimum atomic E-state index is -0.00356. The number of para-hydroxylation sites is 2. The molecule has 624 valence electrons. The van der Waals surface area contributed by atoms with Gasteiger partial charge in [0.15, 0.2) is 0 Å². The summed E-state index contributed by atoms with van der Waals surface area (Å²) in [6, 6.07) is 96.1. The molecule has 4 aliphatic rings. The number of pyridine rings is 2. The Balaban J connectivity index is -0.00000134. The fourth-order valence-electron chi connectivity index (χ4n) is 13.2. The molecule has 2 atom stereocenters. The number of hydrogen-bond donors (Lipinski definition) is 0. The average molecular weight is 1980 g/mol. The summed E-state index contributed by atoms with van der Waals surface area (Å²) in [7, 11) is 0. The third-order valence-corrected chi connectivity index (χ3v) is 19.4. The maximum Gasteiger partial charge on any atom is 4.00 e. The summed E-state index contributed by atoms with van der Waals surface area (Å²) in [5.41, 5.74) is 19.8. The number of hydrogen-bond acceptors (Lipinski definition) is 3. The molecule has 0 aliphatic heterocycles. The number of rotatable bonds is 13. The summed E-state index contributed by atoms with van der Waals surface area (Å²) >= 11 is 0. The zero-order valence-corrected chi connectivity index (χ0v) is 82.7. The average Bonchev–Trinajstić information content (AvgIpc) is 1.29. The summed E-state index contributed by atoms with van der Waals surface area (Å²) in [5.74, 6) is 2.91. The van der Waals surface area contributed by atoms with Crippen molar-refractivity contribution in [3.63, 3.8) is 0 Å². The van der Waals surface area contributed by atoms with Gasteiger partial charge in [-0.1, -0.05) is 278 Å². The Morgan fingerprint density at radius 1 is 0.359 bits per heavy atom. The molecule has 2 aromatic heterocycles. The van der Waals surface area contributed by atoms with Gasteiger partial charge in [0.05, 0.1) is 17.6 Å². The van der Waals surface area contributed by atoms with Crippen molar-refractivity contribution < 1.29 is 85.8 Å². The number of aromatic nitrogens is 2. The monoisotopic (exact) mass is 1980 g/mol. The van der Waals surface area contributed by atoms with E-state index in [1.165, 1.54) is 148 Å². The van der Waals surface area contributed by atoms with Gasteiger partial charge in [0.1, 0.15) is 0 Å². The molecule has 0 spiro atoms. The van der Waals surface area contributed by atoms with Crippen LogP contribution in [0.4, 0.5) is 11.4 Å². The Hall–Kier alpha value is -7.25. The van der Waals surface area contributed by atoms with Crippen LogP contribution in [0.1, 0.15) is 290 Å². The van der Waals surface area contributed by atoms with Gasteiger partial charge >= 0.3 is 60.0 Å². The molecule has 4 fully saturated rings. The van der Waals surface area contributed by atoms with Gasteiger partial charge < -0.3 is 41.4 Å². The molecule has 2 unspecified atom stereocenters. The number of benzene rings is 9.